The molecule has 11 heteroatoms. The van der Waals surface area contributed by atoms with Gasteiger partial charge < -0.3 is 25.0 Å². The molecule has 0 unspecified atom stereocenters. The van der Waals surface area contributed by atoms with Crippen molar-refractivity contribution >= 4 is 17.7 Å². The molecule has 0 aliphatic carbocycles. The van der Waals surface area contributed by atoms with Gasteiger partial charge in [-0.2, -0.15) is 5.10 Å². The van der Waals surface area contributed by atoms with E-state index in [1.165, 1.54) is 0 Å². The number of hydrogen-bond acceptors (Lipinski definition) is 7. The molecule has 3 heterocycles. The summed E-state index contributed by atoms with van der Waals surface area (Å²) in [4.78, 5) is 46.8. The van der Waals surface area contributed by atoms with Crippen LogP contribution in [-0.4, -0.2) is 63.3 Å². The van der Waals surface area contributed by atoms with Gasteiger partial charge in [-0.25, -0.2) is 9.67 Å². The average molecular weight is 603 g/mol. The fourth-order valence-electron chi connectivity index (χ4n) is 5.67. The van der Waals surface area contributed by atoms with Crippen LogP contribution in [0.1, 0.15) is 68.3 Å². The van der Waals surface area contributed by atoms with Gasteiger partial charge in [0, 0.05) is 25.9 Å². The van der Waals surface area contributed by atoms with Crippen molar-refractivity contribution in [3.05, 3.63) is 71.3 Å². The second-order valence-electron chi connectivity index (χ2n) is 11.6. The Balaban J connectivity index is 1.39. The molecule has 234 valence electrons. The van der Waals surface area contributed by atoms with Gasteiger partial charge in [0.25, 0.3) is 0 Å². The lowest BCUT2D eigenvalue weighted by Crippen LogP contribution is -2.51. The Morgan fingerprint density at radius 3 is 2.61 bits per heavy atom. The first-order valence-electron chi connectivity index (χ1n) is 15.5. The number of hydrogen-bond donors (Lipinski definition) is 2. The maximum Gasteiger partial charge on any atom is 0.243 e. The Morgan fingerprint density at radius 1 is 1.02 bits per heavy atom. The minimum atomic E-state index is -0.689. The van der Waals surface area contributed by atoms with E-state index in [0.717, 1.165) is 17.5 Å². The molecular weight excluding hydrogens is 560 g/mol. The number of rotatable bonds is 7. The Bertz CT molecular complexity index is 1460. The van der Waals surface area contributed by atoms with Gasteiger partial charge in [0.05, 0.1) is 12.6 Å². The first-order valence-corrected chi connectivity index (χ1v) is 15.5. The number of nitrogens with one attached hydrogen (secondary N) is 2. The van der Waals surface area contributed by atoms with Crippen LogP contribution in [0.25, 0.3) is 0 Å². The van der Waals surface area contributed by atoms with E-state index >= 15 is 0 Å². The van der Waals surface area contributed by atoms with Gasteiger partial charge in [0.2, 0.25) is 24.5 Å². The van der Waals surface area contributed by atoms with Crippen LogP contribution in [0.2, 0.25) is 0 Å². The summed E-state index contributed by atoms with van der Waals surface area (Å²) in [6.45, 7) is 7.23. The zero-order valence-electron chi connectivity index (χ0n) is 25.8. The van der Waals surface area contributed by atoms with E-state index in [9.17, 15) is 14.4 Å². The van der Waals surface area contributed by atoms with Crippen molar-refractivity contribution in [1.29, 1.82) is 0 Å². The van der Waals surface area contributed by atoms with Crippen molar-refractivity contribution in [1.82, 2.24) is 30.3 Å². The number of carbonyl (C=O) groups is 3. The van der Waals surface area contributed by atoms with Gasteiger partial charge in [0.1, 0.15) is 17.7 Å². The highest BCUT2D eigenvalue weighted by Gasteiger charge is 2.31. The summed E-state index contributed by atoms with van der Waals surface area (Å²) in [7, 11) is 0. The summed E-state index contributed by atoms with van der Waals surface area (Å²) in [6.07, 6.45) is 2.80. The van der Waals surface area contributed by atoms with Crippen molar-refractivity contribution in [3.8, 4) is 11.5 Å². The van der Waals surface area contributed by atoms with Gasteiger partial charge in [-0.15, -0.1) is 0 Å². The third-order valence-corrected chi connectivity index (χ3v) is 8.36. The summed E-state index contributed by atoms with van der Waals surface area (Å²) in [6, 6.07) is 14.5. The molecule has 3 aromatic rings. The number of fused-ring (bicyclic) bond motifs is 2. The molecule has 11 nitrogen and oxygen atoms in total. The molecule has 3 atom stereocenters. The zero-order valence-corrected chi connectivity index (χ0v) is 25.8. The summed E-state index contributed by atoms with van der Waals surface area (Å²) < 4.78 is 12.7. The molecule has 5 rings (SSSR count). The summed E-state index contributed by atoms with van der Waals surface area (Å²) in [5.74, 6) is 2.11. The molecule has 3 amide bonds. The summed E-state index contributed by atoms with van der Waals surface area (Å²) in [5, 5.41) is 10.8. The van der Waals surface area contributed by atoms with E-state index in [1.54, 1.807) is 0 Å². The molecule has 0 saturated heterocycles. The van der Waals surface area contributed by atoms with Crippen LogP contribution >= 0.6 is 0 Å². The minimum Gasteiger partial charge on any atom is -0.454 e. The first-order chi connectivity index (χ1) is 21.3. The first kappa shape index (κ1) is 31.0. The molecule has 0 bridgehead atoms. The van der Waals surface area contributed by atoms with Crippen molar-refractivity contribution in [2.75, 3.05) is 19.9 Å². The quantitative estimate of drug-likeness (QED) is 0.424. The van der Waals surface area contributed by atoms with E-state index < -0.39 is 12.1 Å². The lowest BCUT2D eigenvalue weighted by atomic mass is 9.97. The maximum atomic E-state index is 13.7. The highest BCUT2D eigenvalue weighted by Crippen LogP contribution is 2.32. The normalized spacial score (nSPS) is 19.8. The lowest BCUT2D eigenvalue weighted by molar-refractivity contribution is -0.132. The molecule has 0 fully saturated rings. The second kappa shape index (κ2) is 14.4. The molecule has 2 aliphatic heterocycles. The van der Waals surface area contributed by atoms with E-state index in [1.807, 2.05) is 78.9 Å². The Hall–Kier alpha value is -4.41. The fraction of sp³-hybridized carbons (Fsp3) is 0.485. The van der Waals surface area contributed by atoms with Crippen molar-refractivity contribution in [3.63, 3.8) is 0 Å². The van der Waals surface area contributed by atoms with Crippen LogP contribution in [0.5, 0.6) is 11.5 Å². The highest BCUT2D eigenvalue weighted by molar-refractivity contribution is 5.88. The molecule has 2 N–H and O–H groups in total. The number of nitrogens with zero attached hydrogens (tertiary/aromatic N) is 4. The molecule has 0 saturated carbocycles. The monoisotopic (exact) mass is 602 g/mol. The molecular formula is C33H42N6O5. The molecule has 2 aliphatic rings. The van der Waals surface area contributed by atoms with Crippen LogP contribution < -0.4 is 20.1 Å². The van der Waals surface area contributed by atoms with E-state index in [0.29, 0.717) is 68.5 Å². The van der Waals surface area contributed by atoms with Crippen molar-refractivity contribution < 1.29 is 23.9 Å². The number of aryl methyl sites for hydroxylation is 2. The van der Waals surface area contributed by atoms with Crippen LogP contribution in [0.3, 0.4) is 0 Å². The predicted molar refractivity (Wildman–Crippen MR) is 164 cm³/mol. The number of aromatic nitrogens is 3. The SMILES string of the molecule is CC[C@H](C)[C@@H]1NC(=O)CCCN(C(=O)CCc2ccc3c(c2)OCO3)CCn2nc(C)nc2[C@H](Cc2ccccc2)NC1=O. The van der Waals surface area contributed by atoms with Crippen molar-refractivity contribution in [2.45, 2.75) is 77.9 Å². The van der Waals surface area contributed by atoms with E-state index in [-0.39, 0.29) is 36.9 Å². The largest absolute Gasteiger partial charge is 0.454 e. The lowest BCUT2D eigenvalue weighted by Gasteiger charge is -2.28. The highest BCUT2D eigenvalue weighted by atomic mass is 16.7. The molecule has 2 aromatic carbocycles. The summed E-state index contributed by atoms with van der Waals surface area (Å²) in [5.41, 5.74) is 2.03. The molecule has 0 radical (unpaired) electrons. The van der Waals surface area contributed by atoms with Gasteiger partial charge in [-0.1, -0.05) is 56.7 Å². The molecule has 1 aromatic heterocycles. The average Bonchev–Trinajstić information content (AvgIpc) is 3.65. The molecule has 44 heavy (non-hydrogen) atoms. The van der Waals surface area contributed by atoms with Crippen LogP contribution in [0, 0.1) is 12.8 Å². The van der Waals surface area contributed by atoms with Crippen molar-refractivity contribution in [2.24, 2.45) is 5.92 Å². The minimum absolute atomic E-state index is 0.000163. The third-order valence-electron chi connectivity index (χ3n) is 8.36. The number of carbonyl (C=O) groups excluding carboxylic acids is 3. The number of ether oxygens (including phenoxy) is 2. The standard InChI is InChI=1S/C33H42N6O5/c1-4-22(2)31-33(42)35-26(19-24-9-6-5-7-10-24)32-34-23(3)37-39(32)18-17-38(16-8-11-29(40)36-31)30(41)15-13-25-12-14-27-28(20-25)44-21-43-27/h5-7,9-10,12,14,20,22,26,31H,4,8,11,13,15-19,21H2,1-3H3,(H,35,42)(H,36,40)/t22-,26-,31-/m0/s1. The van der Waals surface area contributed by atoms with Crippen LogP contribution in [0.4, 0.5) is 0 Å². The van der Waals surface area contributed by atoms with Gasteiger partial charge in [0.15, 0.2) is 11.5 Å². The topological polar surface area (TPSA) is 128 Å². The third kappa shape index (κ3) is 7.75. The van der Waals surface area contributed by atoms with Gasteiger partial charge in [-0.3, -0.25) is 14.4 Å². The number of amides is 3. The zero-order chi connectivity index (χ0) is 31.1. The summed E-state index contributed by atoms with van der Waals surface area (Å²) >= 11 is 0. The fourth-order valence-corrected chi connectivity index (χ4v) is 5.67. The Labute approximate surface area is 258 Å². The van der Waals surface area contributed by atoms with E-state index in [2.05, 4.69) is 15.7 Å². The van der Waals surface area contributed by atoms with E-state index in [4.69, 9.17) is 14.5 Å². The predicted octanol–water partition coefficient (Wildman–Crippen LogP) is 3.50. The Kier molecular flexibility index (Phi) is 10.1. The van der Waals surface area contributed by atoms with Gasteiger partial charge >= 0.3 is 0 Å². The van der Waals surface area contributed by atoms with Crippen LogP contribution in [0.15, 0.2) is 48.5 Å². The number of benzene rings is 2. The Morgan fingerprint density at radius 2 is 1.82 bits per heavy atom. The van der Waals surface area contributed by atoms with Crippen LogP contribution in [-0.2, 0) is 33.8 Å². The molecule has 0 spiro atoms. The second-order valence-corrected chi connectivity index (χ2v) is 11.6. The smallest absolute Gasteiger partial charge is 0.243 e. The maximum absolute atomic E-state index is 13.7. The van der Waals surface area contributed by atoms with Gasteiger partial charge in [-0.05, 0) is 55.4 Å².